The van der Waals surface area contributed by atoms with Crippen molar-refractivity contribution in [2.24, 2.45) is 0 Å². The van der Waals surface area contributed by atoms with Crippen LogP contribution >= 0.6 is 0 Å². The number of carboxylic acids is 2. The zero-order chi connectivity index (χ0) is 23.1. The summed E-state index contributed by atoms with van der Waals surface area (Å²) >= 11 is 0. The van der Waals surface area contributed by atoms with Gasteiger partial charge in [-0.25, -0.2) is 14.6 Å². The number of nitriles is 1. The average Bonchev–Trinajstić information content (AvgIpc) is 2.74. The first-order valence-electron chi connectivity index (χ1n) is 9.21. The Bertz CT molecular complexity index is 1140. The Kier molecular flexibility index (Phi) is 7.31. The molecule has 1 heterocycles. The van der Waals surface area contributed by atoms with Crippen LogP contribution in [-0.4, -0.2) is 27.1 Å². The van der Waals surface area contributed by atoms with Crippen LogP contribution in [0.2, 0.25) is 0 Å². The fourth-order valence-electron chi connectivity index (χ4n) is 2.56. The molecule has 0 aliphatic heterocycles. The van der Waals surface area contributed by atoms with E-state index in [2.05, 4.69) is 28.3 Å². The Morgan fingerprint density at radius 2 is 1.74 bits per heavy atom. The molecule has 0 spiro atoms. The molecule has 0 fully saturated rings. The van der Waals surface area contributed by atoms with E-state index >= 15 is 0 Å². The van der Waals surface area contributed by atoms with Crippen molar-refractivity contribution in [2.75, 3.05) is 10.6 Å². The number of carbonyl (C=O) groups is 2. The third-order valence-corrected chi connectivity index (χ3v) is 4.59. The van der Waals surface area contributed by atoms with Gasteiger partial charge >= 0.3 is 11.9 Å². The molecular formula is C23H22N4O4. The van der Waals surface area contributed by atoms with E-state index in [4.69, 9.17) is 10.2 Å². The second-order valence-electron chi connectivity index (χ2n) is 6.66. The zero-order valence-electron chi connectivity index (χ0n) is 17.4. The average molecular weight is 418 g/mol. The second kappa shape index (κ2) is 9.89. The highest BCUT2D eigenvalue weighted by molar-refractivity contribution is 5.88. The monoisotopic (exact) mass is 418 g/mol. The molecule has 0 saturated heterocycles. The molecular weight excluding hydrogens is 396 g/mol. The predicted molar refractivity (Wildman–Crippen MR) is 118 cm³/mol. The summed E-state index contributed by atoms with van der Waals surface area (Å²) in [6, 6.07) is 8.22. The van der Waals surface area contributed by atoms with Gasteiger partial charge in [-0.15, -0.1) is 0 Å². The maximum atomic E-state index is 11.0. The summed E-state index contributed by atoms with van der Waals surface area (Å²) in [7, 11) is 0. The number of rotatable bonds is 8. The molecule has 0 saturated carbocycles. The van der Waals surface area contributed by atoms with Gasteiger partial charge in [0.1, 0.15) is 11.9 Å². The van der Waals surface area contributed by atoms with E-state index in [-0.39, 0.29) is 11.1 Å². The number of aromatic nitrogens is 1. The smallest absolute Gasteiger partial charge is 0.335 e. The Hall–Kier alpha value is -4.38. The summed E-state index contributed by atoms with van der Waals surface area (Å²) in [6.45, 7) is 8.82. The lowest BCUT2D eigenvalue weighted by Crippen LogP contribution is -2.08. The summed E-state index contributed by atoms with van der Waals surface area (Å²) in [4.78, 5) is 26.5. The molecule has 0 amide bonds. The van der Waals surface area contributed by atoms with Crippen molar-refractivity contribution in [1.29, 1.82) is 5.26 Å². The summed E-state index contributed by atoms with van der Waals surface area (Å²) in [6.07, 6.45) is 4.54. The topological polar surface area (TPSA) is 135 Å². The lowest BCUT2D eigenvalue weighted by Gasteiger charge is -2.16. The number of anilines is 3. The number of hydrogen-bond donors (Lipinski definition) is 4. The van der Waals surface area contributed by atoms with E-state index in [9.17, 15) is 14.9 Å². The van der Waals surface area contributed by atoms with Gasteiger partial charge in [0.25, 0.3) is 0 Å². The Morgan fingerprint density at radius 3 is 2.26 bits per heavy atom. The number of pyridine rings is 1. The minimum Gasteiger partial charge on any atom is -0.478 e. The van der Waals surface area contributed by atoms with Crippen molar-refractivity contribution in [1.82, 2.24) is 4.98 Å². The van der Waals surface area contributed by atoms with Gasteiger partial charge in [0, 0.05) is 17.0 Å². The third kappa shape index (κ3) is 5.58. The van der Waals surface area contributed by atoms with Gasteiger partial charge in [-0.2, -0.15) is 5.26 Å². The third-order valence-electron chi connectivity index (χ3n) is 4.59. The molecule has 2 rings (SSSR count). The largest absolute Gasteiger partial charge is 0.478 e. The minimum atomic E-state index is -1.03. The van der Waals surface area contributed by atoms with Gasteiger partial charge in [-0.05, 0) is 68.3 Å². The normalized spacial score (nSPS) is 11.4. The molecule has 4 N–H and O–H groups in total. The van der Waals surface area contributed by atoms with E-state index in [0.29, 0.717) is 34.1 Å². The number of aliphatic carboxylic acids is 1. The molecule has 0 bridgehead atoms. The van der Waals surface area contributed by atoms with Crippen LogP contribution in [0.3, 0.4) is 0 Å². The summed E-state index contributed by atoms with van der Waals surface area (Å²) in [5, 5.41) is 33.8. The molecule has 1 aromatic heterocycles. The standard InChI is InChI=1S/C23H22N4O4/c1-5-17(9-6-13(2)22(28)29)25-20-15(4)14(3)19(12-24)21(27-20)26-18-10-7-16(8-11-18)23(30)31/h5-11H,1H2,2-4H3,(H,28,29)(H,30,31)(H2,25,26,27)/b13-6+,17-9+. The van der Waals surface area contributed by atoms with Crippen LogP contribution in [-0.2, 0) is 4.79 Å². The Balaban J connectivity index is 2.45. The van der Waals surface area contributed by atoms with Crippen molar-refractivity contribution in [3.05, 3.63) is 82.6 Å². The molecule has 2 aromatic rings. The van der Waals surface area contributed by atoms with E-state index in [0.717, 1.165) is 5.56 Å². The Labute approximate surface area is 179 Å². The first kappa shape index (κ1) is 22.9. The predicted octanol–water partition coefficient (Wildman–Crippen LogP) is 4.52. The molecule has 1 aromatic carbocycles. The van der Waals surface area contributed by atoms with Crippen molar-refractivity contribution < 1.29 is 19.8 Å². The van der Waals surface area contributed by atoms with E-state index in [1.165, 1.54) is 31.2 Å². The van der Waals surface area contributed by atoms with Gasteiger partial charge in [-0.3, -0.25) is 0 Å². The minimum absolute atomic E-state index is 0.145. The molecule has 8 nitrogen and oxygen atoms in total. The fourth-order valence-corrected chi connectivity index (χ4v) is 2.56. The molecule has 0 unspecified atom stereocenters. The maximum absolute atomic E-state index is 11.0. The van der Waals surface area contributed by atoms with Gasteiger partial charge in [-0.1, -0.05) is 12.7 Å². The van der Waals surface area contributed by atoms with Crippen LogP contribution in [0.4, 0.5) is 17.3 Å². The van der Waals surface area contributed by atoms with Gasteiger partial charge < -0.3 is 20.8 Å². The number of nitrogens with zero attached hydrogens (tertiary/aromatic N) is 2. The van der Waals surface area contributed by atoms with E-state index < -0.39 is 11.9 Å². The highest BCUT2D eigenvalue weighted by atomic mass is 16.4. The lowest BCUT2D eigenvalue weighted by molar-refractivity contribution is -0.132. The van der Waals surface area contributed by atoms with Gasteiger partial charge in [0.2, 0.25) is 0 Å². The number of carboxylic acid groups (broad SMARTS) is 2. The van der Waals surface area contributed by atoms with Gasteiger partial charge in [0.15, 0.2) is 5.82 Å². The van der Waals surface area contributed by atoms with Crippen LogP contribution in [0.1, 0.15) is 34.0 Å². The maximum Gasteiger partial charge on any atom is 0.335 e. The van der Waals surface area contributed by atoms with Crippen molar-refractivity contribution in [2.45, 2.75) is 20.8 Å². The fraction of sp³-hybridized carbons (Fsp3) is 0.130. The molecule has 0 aliphatic rings. The SMILES string of the molecule is C=C/C(=C\C=C(/C)C(=O)O)Nc1nc(Nc2ccc(C(=O)O)cc2)c(C#N)c(C)c1C. The van der Waals surface area contributed by atoms with Gasteiger partial charge in [0.05, 0.1) is 11.1 Å². The van der Waals surface area contributed by atoms with Crippen molar-refractivity contribution >= 4 is 29.3 Å². The molecule has 0 atom stereocenters. The molecule has 0 aliphatic carbocycles. The van der Waals surface area contributed by atoms with E-state index in [1.807, 2.05) is 6.92 Å². The van der Waals surface area contributed by atoms with Crippen LogP contribution in [0.25, 0.3) is 0 Å². The number of allylic oxidation sites excluding steroid dienone is 3. The van der Waals surface area contributed by atoms with Crippen LogP contribution < -0.4 is 10.6 Å². The van der Waals surface area contributed by atoms with Crippen LogP contribution in [0, 0.1) is 25.2 Å². The van der Waals surface area contributed by atoms with Crippen molar-refractivity contribution in [3.8, 4) is 6.07 Å². The summed E-state index contributed by atoms with van der Waals surface area (Å²) in [5.41, 5.74) is 3.22. The molecule has 0 radical (unpaired) electrons. The summed E-state index contributed by atoms with van der Waals surface area (Å²) in [5.74, 6) is -1.29. The highest BCUT2D eigenvalue weighted by Gasteiger charge is 2.15. The molecule has 31 heavy (non-hydrogen) atoms. The van der Waals surface area contributed by atoms with Crippen molar-refractivity contribution in [3.63, 3.8) is 0 Å². The quantitative estimate of drug-likeness (QED) is 0.363. The number of nitrogens with one attached hydrogen (secondary N) is 2. The van der Waals surface area contributed by atoms with Crippen LogP contribution in [0.15, 0.2) is 60.3 Å². The lowest BCUT2D eigenvalue weighted by atomic mass is 10.1. The number of aromatic carboxylic acids is 1. The van der Waals surface area contributed by atoms with E-state index in [1.54, 1.807) is 25.1 Å². The first-order chi connectivity index (χ1) is 14.7. The second-order valence-corrected chi connectivity index (χ2v) is 6.66. The number of benzene rings is 1. The summed E-state index contributed by atoms with van der Waals surface area (Å²) < 4.78 is 0. The van der Waals surface area contributed by atoms with Crippen LogP contribution in [0.5, 0.6) is 0 Å². The highest BCUT2D eigenvalue weighted by Crippen LogP contribution is 2.29. The Morgan fingerprint density at radius 1 is 1.10 bits per heavy atom. The number of hydrogen-bond acceptors (Lipinski definition) is 6. The zero-order valence-corrected chi connectivity index (χ0v) is 17.4. The first-order valence-corrected chi connectivity index (χ1v) is 9.21. The molecule has 158 valence electrons. The molecule has 8 heteroatoms.